The molecule has 47 heavy (non-hydrogen) atoms. The van der Waals surface area contributed by atoms with Crippen molar-refractivity contribution in [2.24, 2.45) is 0 Å². The van der Waals surface area contributed by atoms with Crippen molar-refractivity contribution >= 4 is 32.6 Å². The SMILES string of the molecule is c1ccc(-n2c3cc(-c4ccc(-c5ccncc5)cn4)ccc3c3ccc4cc(-c5cncc(-c6ccccn6)c5)ccc4c32)cc1. The first kappa shape index (κ1) is 26.9. The highest BCUT2D eigenvalue weighted by Crippen LogP contribution is 2.39. The maximum atomic E-state index is 4.86. The first-order valence-corrected chi connectivity index (χ1v) is 15.6. The van der Waals surface area contributed by atoms with Gasteiger partial charge in [0.2, 0.25) is 0 Å². The average Bonchev–Trinajstić information content (AvgIpc) is 3.50. The monoisotopic (exact) mass is 601 g/mol. The number of aromatic nitrogens is 5. The standard InChI is InChI=1S/C42H27N5/c1-2-6-35(7-3-1)47-41-24-31(40-16-12-32(27-46-40)28-17-20-43-21-18-28)11-14-37(41)38-15-10-30-22-29(9-13-36(30)42(38)47)33-23-34(26-44-25-33)39-8-4-5-19-45-39/h1-27H. The van der Waals surface area contributed by atoms with Crippen LogP contribution in [0.1, 0.15) is 0 Å². The van der Waals surface area contributed by atoms with Crippen LogP contribution in [0.15, 0.2) is 165 Å². The summed E-state index contributed by atoms with van der Waals surface area (Å²) in [5.41, 5.74) is 11.7. The lowest BCUT2D eigenvalue weighted by molar-refractivity contribution is 1.19. The lowest BCUT2D eigenvalue weighted by Crippen LogP contribution is -1.95. The van der Waals surface area contributed by atoms with Crippen molar-refractivity contribution in [3.05, 3.63) is 165 Å². The van der Waals surface area contributed by atoms with Crippen molar-refractivity contribution in [2.75, 3.05) is 0 Å². The van der Waals surface area contributed by atoms with E-state index in [1.165, 1.54) is 27.1 Å². The van der Waals surface area contributed by atoms with Gasteiger partial charge < -0.3 is 4.57 Å². The summed E-state index contributed by atoms with van der Waals surface area (Å²) in [4.78, 5) is 18.1. The van der Waals surface area contributed by atoms with Crippen LogP contribution in [0, 0.1) is 0 Å². The van der Waals surface area contributed by atoms with Crippen LogP contribution in [0.5, 0.6) is 0 Å². The lowest BCUT2D eigenvalue weighted by Gasteiger charge is -2.11. The van der Waals surface area contributed by atoms with Crippen molar-refractivity contribution in [1.82, 2.24) is 24.5 Å². The van der Waals surface area contributed by atoms with Gasteiger partial charge in [-0.3, -0.25) is 19.9 Å². The summed E-state index contributed by atoms with van der Waals surface area (Å²) >= 11 is 0. The van der Waals surface area contributed by atoms with E-state index in [0.29, 0.717) is 0 Å². The third-order valence-corrected chi connectivity index (χ3v) is 8.86. The van der Waals surface area contributed by atoms with Crippen LogP contribution in [-0.2, 0) is 0 Å². The molecule has 4 aromatic carbocycles. The smallest absolute Gasteiger partial charge is 0.0717 e. The van der Waals surface area contributed by atoms with E-state index >= 15 is 0 Å². The summed E-state index contributed by atoms with van der Waals surface area (Å²) < 4.78 is 2.39. The van der Waals surface area contributed by atoms with E-state index in [4.69, 9.17) is 4.98 Å². The van der Waals surface area contributed by atoms with E-state index in [9.17, 15) is 0 Å². The van der Waals surface area contributed by atoms with E-state index in [-0.39, 0.29) is 0 Å². The zero-order valence-corrected chi connectivity index (χ0v) is 25.3. The molecule has 0 bridgehead atoms. The largest absolute Gasteiger partial charge is 0.309 e. The zero-order chi connectivity index (χ0) is 31.2. The van der Waals surface area contributed by atoms with E-state index in [1.807, 2.05) is 67.5 Å². The van der Waals surface area contributed by atoms with Gasteiger partial charge in [0, 0.05) is 81.3 Å². The first-order chi connectivity index (χ1) is 23.3. The van der Waals surface area contributed by atoms with Gasteiger partial charge in [-0.25, -0.2) is 0 Å². The number of pyridine rings is 4. The lowest BCUT2D eigenvalue weighted by atomic mass is 9.99. The first-order valence-electron chi connectivity index (χ1n) is 15.6. The van der Waals surface area contributed by atoms with Gasteiger partial charge in [-0.1, -0.05) is 66.7 Å². The van der Waals surface area contributed by atoms with Crippen molar-refractivity contribution in [3.8, 4) is 50.5 Å². The van der Waals surface area contributed by atoms with Gasteiger partial charge >= 0.3 is 0 Å². The molecule has 0 aliphatic rings. The fourth-order valence-electron chi connectivity index (χ4n) is 6.57. The molecule has 0 saturated carbocycles. The fourth-order valence-corrected chi connectivity index (χ4v) is 6.57. The summed E-state index contributed by atoms with van der Waals surface area (Å²) in [6.45, 7) is 0. The molecule has 0 amide bonds. The quantitative estimate of drug-likeness (QED) is 0.197. The Morgan fingerprint density at radius 2 is 1.17 bits per heavy atom. The van der Waals surface area contributed by atoms with Gasteiger partial charge in [0.15, 0.2) is 0 Å². The maximum Gasteiger partial charge on any atom is 0.0717 e. The van der Waals surface area contributed by atoms with Gasteiger partial charge in [0.05, 0.1) is 22.4 Å². The van der Waals surface area contributed by atoms with Crippen LogP contribution < -0.4 is 0 Å². The van der Waals surface area contributed by atoms with Crippen LogP contribution in [-0.4, -0.2) is 24.5 Å². The highest BCUT2D eigenvalue weighted by Gasteiger charge is 2.17. The molecule has 9 aromatic rings. The molecule has 0 atom stereocenters. The molecule has 0 N–H and O–H groups in total. The Morgan fingerprint density at radius 1 is 0.404 bits per heavy atom. The fraction of sp³-hybridized carbons (Fsp3) is 0. The van der Waals surface area contributed by atoms with Crippen LogP contribution >= 0.6 is 0 Å². The van der Waals surface area contributed by atoms with Crippen molar-refractivity contribution in [1.29, 1.82) is 0 Å². The van der Waals surface area contributed by atoms with Gasteiger partial charge in [0.1, 0.15) is 0 Å². The molecular formula is C42H27N5. The molecule has 0 aliphatic carbocycles. The highest BCUT2D eigenvalue weighted by atomic mass is 15.0. The second-order valence-corrected chi connectivity index (χ2v) is 11.6. The number of hydrogen-bond acceptors (Lipinski definition) is 4. The molecule has 5 nitrogen and oxygen atoms in total. The van der Waals surface area contributed by atoms with Crippen molar-refractivity contribution in [2.45, 2.75) is 0 Å². The van der Waals surface area contributed by atoms with Gasteiger partial charge in [-0.2, -0.15) is 0 Å². The molecule has 0 saturated heterocycles. The maximum absolute atomic E-state index is 4.86. The van der Waals surface area contributed by atoms with Crippen LogP contribution in [0.4, 0.5) is 0 Å². The molecule has 0 aliphatic heterocycles. The Hall–Kier alpha value is -6.46. The number of benzene rings is 4. The Morgan fingerprint density at radius 3 is 2.00 bits per heavy atom. The molecule has 5 heterocycles. The van der Waals surface area contributed by atoms with Gasteiger partial charge in [-0.15, -0.1) is 0 Å². The highest BCUT2D eigenvalue weighted by molar-refractivity contribution is 6.19. The predicted octanol–water partition coefficient (Wildman–Crippen LogP) is 10.2. The molecule has 9 rings (SSSR count). The number of fused-ring (bicyclic) bond motifs is 5. The van der Waals surface area contributed by atoms with Crippen LogP contribution in [0.2, 0.25) is 0 Å². The van der Waals surface area contributed by atoms with Crippen molar-refractivity contribution < 1.29 is 0 Å². The van der Waals surface area contributed by atoms with E-state index < -0.39 is 0 Å². The summed E-state index contributed by atoms with van der Waals surface area (Å²) in [7, 11) is 0. The summed E-state index contributed by atoms with van der Waals surface area (Å²) in [6.07, 6.45) is 11.2. The number of rotatable bonds is 5. The Labute approximate surface area is 271 Å². The normalized spacial score (nSPS) is 11.4. The minimum absolute atomic E-state index is 0.913. The Balaban J connectivity index is 1.20. The molecule has 0 unspecified atom stereocenters. The molecular weight excluding hydrogens is 574 g/mol. The summed E-state index contributed by atoms with van der Waals surface area (Å²) in [6, 6.07) is 44.8. The van der Waals surface area contributed by atoms with Gasteiger partial charge in [0.25, 0.3) is 0 Å². The van der Waals surface area contributed by atoms with Gasteiger partial charge in [-0.05, 0) is 77.2 Å². The molecule has 0 fully saturated rings. The van der Waals surface area contributed by atoms with Crippen LogP contribution in [0.3, 0.4) is 0 Å². The molecule has 5 aromatic heterocycles. The third kappa shape index (κ3) is 4.73. The molecule has 0 spiro atoms. The minimum atomic E-state index is 0.913. The Kier molecular flexibility index (Phi) is 6.39. The molecule has 220 valence electrons. The topological polar surface area (TPSA) is 56.5 Å². The number of nitrogens with zero attached hydrogens (tertiary/aromatic N) is 5. The molecule has 0 radical (unpaired) electrons. The molecule has 5 heteroatoms. The second-order valence-electron chi connectivity index (χ2n) is 11.6. The summed E-state index contributed by atoms with van der Waals surface area (Å²) in [5.74, 6) is 0. The zero-order valence-electron chi connectivity index (χ0n) is 25.3. The van der Waals surface area contributed by atoms with Crippen LogP contribution in [0.25, 0.3) is 83.0 Å². The second kappa shape index (κ2) is 11.2. The van der Waals surface area contributed by atoms with E-state index in [2.05, 4.69) is 117 Å². The van der Waals surface area contributed by atoms with E-state index in [0.717, 1.165) is 56.0 Å². The number of para-hydroxylation sites is 1. The third-order valence-electron chi connectivity index (χ3n) is 8.86. The van der Waals surface area contributed by atoms with Crippen molar-refractivity contribution in [3.63, 3.8) is 0 Å². The Bertz CT molecular complexity index is 2540. The van der Waals surface area contributed by atoms with E-state index in [1.54, 1.807) is 0 Å². The minimum Gasteiger partial charge on any atom is -0.309 e. The summed E-state index contributed by atoms with van der Waals surface area (Å²) in [5, 5.41) is 4.79. The predicted molar refractivity (Wildman–Crippen MR) is 191 cm³/mol. The number of hydrogen-bond donors (Lipinski definition) is 0. The average molecular weight is 602 g/mol.